The number of fused-ring (bicyclic) bond motifs is 6. The molecule has 7 aromatic carbocycles. The molecule has 0 spiro atoms. The lowest BCUT2D eigenvalue weighted by atomic mass is 10.0. The second-order valence-electron chi connectivity index (χ2n) is 11.4. The van der Waals surface area contributed by atoms with Crippen molar-refractivity contribution < 1.29 is 4.42 Å². The highest BCUT2D eigenvalue weighted by atomic mass is 16.3. The summed E-state index contributed by atoms with van der Waals surface area (Å²) in [4.78, 5) is 2.34. The third kappa shape index (κ3) is 4.05. The van der Waals surface area contributed by atoms with Crippen LogP contribution in [-0.4, -0.2) is 4.57 Å². The second kappa shape index (κ2) is 10.3. The van der Waals surface area contributed by atoms with Crippen molar-refractivity contribution in [3.8, 4) is 16.8 Å². The normalized spacial score (nSPS) is 11.6. The molecule has 3 heteroatoms. The predicted octanol–water partition coefficient (Wildman–Crippen LogP) is 11.8. The molecule has 45 heavy (non-hydrogen) atoms. The third-order valence-electron chi connectivity index (χ3n) is 8.78. The van der Waals surface area contributed by atoms with Crippen LogP contribution in [0.1, 0.15) is 0 Å². The molecular formula is C42H28N2O. The molecule has 0 amide bonds. The van der Waals surface area contributed by atoms with Gasteiger partial charge < -0.3 is 13.9 Å². The summed E-state index contributed by atoms with van der Waals surface area (Å²) in [7, 11) is 0. The fourth-order valence-electron chi connectivity index (χ4n) is 6.74. The molecule has 0 aliphatic heterocycles. The lowest BCUT2D eigenvalue weighted by Gasteiger charge is -2.27. The van der Waals surface area contributed by atoms with E-state index in [1.54, 1.807) is 0 Å². The number of hydrogen-bond acceptors (Lipinski definition) is 2. The van der Waals surface area contributed by atoms with Crippen LogP contribution in [0.25, 0.3) is 60.6 Å². The van der Waals surface area contributed by atoms with Crippen molar-refractivity contribution in [2.24, 2.45) is 0 Å². The summed E-state index contributed by atoms with van der Waals surface area (Å²) in [5.74, 6) is 0. The number of rotatable bonds is 5. The van der Waals surface area contributed by atoms with Gasteiger partial charge in [-0.05, 0) is 71.1 Å². The van der Waals surface area contributed by atoms with E-state index >= 15 is 0 Å². The zero-order chi connectivity index (χ0) is 29.7. The summed E-state index contributed by atoms with van der Waals surface area (Å²) >= 11 is 0. The molecule has 212 valence electrons. The summed E-state index contributed by atoms with van der Waals surface area (Å²) in [5, 5.41) is 4.55. The first-order valence-corrected chi connectivity index (χ1v) is 15.3. The fraction of sp³-hybridized carbons (Fsp3) is 0. The van der Waals surface area contributed by atoms with Crippen LogP contribution in [0.15, 0.2) is 174 Å². The molecule has 2 aromatic heterocycles. The van der Waals surface area contributed by atoms with E-state index in [-0.39, 0.29) is 0 Å². The Labute approximate surface area is 260 Å². The minimum Gasteiger partial charge on any atom is -0.451 e. The fourth-order valence-corrected chi connectivity index (χ4v) is 6.74. The average molecular weight is 577 g/mol. The monoisotopic (exact) mass is 576 g/mol. The largest absolute Gasteiger partial charge is 0.451 e. The van der Waals surface area contributed by atoms with Gasteiger partial charge in [0.15, 0.2) is 11.2 Å². The van der Waals surface area contributed by atoms with Crippen LogP contribution in [0.5, 0.6) is 0 Å². The maximum atomic E-state index is 6.97. The van der Waals surface area contributed by atoms with E-state index in [4.69, 9.17) is 4.42 Å². The summed E-state index contributed by atoms with van der Waals surface area (Å²) in [6.07, 6.45) is 0. The summed E-state index contributed by atoms with van der Waals surface area (Å²) in [6, 6.07) is 60.0. The van der Waals surface area contributed by atoms with Gasteiger partial charge in [0.2, 0.25) is 0 Å². The summed E-state index contributed by atoms with van der Waals surface area (Å²) in [6.45, 7) is 0. The molecule has 0 atom stereocenters. The van der Waals surface area contributed by atoms with E-state index in [0.29, 0.717) is 0 Å². The van der Waals surface area contributed by atoms with E-state index in [1.807, 2.05) is 0 Å². The molecule has 0 saturated carbocycles. The van der Waals surface area contributed by atoms with Gasteiger partial charge in [0.25, 0.3) is 0 Å². The maximum absolute atomic E-state index is 6.97. The SMILES string of the molecule is c1ccc(-c2ccc(N(c3cccc4ccccc34)c3cccc4c3oc3c5ccccc5n(-c5ccccc5)c43)cc2)cc1. The second-order valence-corrected chi connectivity index (χ2v) is 11.4. The zero-order valence-electron chi connectivity index (χ0n) is 24.5. The number of anilines is 3. The van der Waals surface area contributed by atoms with Crippen LogP contribution in [0.4, 0.5) is 17.1 Å². The van der Waals surface area contributed by atoms with Gasteiger partial charge in [-0.1, -0.05) is 115 Å². The average Bonchev–Trinajstić information content (AvgIpc) is 3.65. The number of para-hydroxylation sites is 3. The molecule has 0 fully saturated rings. The standard InChI is InChI=1S/C42H28N2O/c1-3-13-29(14-4-1)30-25-27-33(28-26-30)43(37-23-11-16-31-15-7-8-19-34(31)37)39-24-12-21-36-40-42(45-41(36)39)35-20-9-10-22-38(35)44(40)32-17-5-2-6-18-32/h1-28H. The molecule has 9 aromatic rings. The van der Waals surface area contributed by atoms with E-state index in [9.17, 15) is 0 Å². The quantitative estimate of drug-likeness (QED) is 0.203. The van der Waals surface area contributed by atoms with Crippen LogP contribution in [0.3, 0.4) is 0 Å². The topological polar surface area (TPSA) is 21.3 Å². The van der Waals surface area contributed by atoms with Crippen LogP contribution >= 0.6 is 0 Å². The van der Waals surface area contributed by atoms with Gasteiger partial charge in [0.1, 0.15) is 5.52 Å². The van der Waals surface area contributed by atoms with Crippen LogP contribution in [-0.2, 0) is 0 Å². The van der Waals surface area contributed by atoms with Crippen LogP contribution in [0.2, 0.25) is 0 Å². The Morgan fingerprint density at radius 3 is 1.84 bits per heavy atom. The molecule has 0 unspecified atom stereocenters. The Kier molecular flexibility index (Phi) is 5.82. The predicted molar refractivity (Wildman–Crippen MR) is 188 cm³/mol. The van der Waals surface area contributed by atoms with Gasteiger partial charge in [-0.15, -0.1) is 0 Å². The molecular weight excluding hydrogens is 548 g/mol. The Morgan fingerprint density at radius 1 is 0.422 bits per heavy atom. The van der Waals surface area contributed by atoms with E-state index in [0.717, 1.165) is 55.7 Å². The van der Waals surface area contributed by atoms with Crippen LogP contribution < -0.4 is 4.90 Å². The Hall–Kier alpha value is -6.06. The molecule has 0 bridgehead atoms. The number of furan rings is 1. The first kappa shape index (κ1) is 25.4. The highest BCUT2D eigenvalue weighted by molar-refractivity contribution is 6.19. The molecule has 3 nitrogen and oxygen atoms in total. The van der Waals surface area contributed by atoms with Gasteiger partial charge >= 0.3 is 0 Å². The minimum absolute atomic E-state index is 0.859. The first-order chi connectivity index (χ1) is 22.3. The molecule has 0 aliphatic rings. The lowest BCUT2D eigenvalue weighted by molar-refractivity contribution is 0.673. The van der Waals surface area contributed by atoms with Gasteiger partial charge in [-0.3, -0.25) is 0 Å². The van der Waals surface area contributed by atoms with Gasteiger partial charge in [0, 0.05) is 27.5 Å². The number of nitrogens with zero attached hydrogens (tertiary/aromatic N) is 2. The van der Waals surface area contributed by atoms with Crippen molar-refractivity contribution in [1.29, 1.82) is 0 Å². The maximum Gasteiger partial charge on any atom is 0.161 e. The van der Waals surface area contributed by atoms with Crippen molar-refractivity contribution in [1.82, 2.24) is 4.57 Å². The van der Waals surface area contributed by atoms with Crippen molar-refractivity contribution in [2.45, 2.75) is 0 Å². The molecule has 2 heterocycles. The lowest BCUT2D eigenvalue weighted by Crippen LogP contribution is -2.10. The first-order valence-electron chi connectivity index (χ1n) is 15.3. The van der Waals surface area contributed by atoms with Crippen molar-refractivity contribution in [3.05, 3.63) is 170 Å². The number of aromatic nitrogens is 1. The smallest absolute Gasteiger partial charge is 0.161 e. The van der Waals surface area contributed by atoms with Gasteiger partial charge in [-0.2, -0.15) is 0 Å². The Balaban J connectivity index is 1.33. The van der Waals surface area contributed by atoms with Gasteiger partial charge in [0.05, 0.1) is 16.9 Å². The molecule has 0 radical (unpaired) electrons. The minimum atomic E-state index is 0.859. The van der Waals surface area contributed by atoms with Crippen molar-refractivity contribution >= 4 is 60.8 Å². The number of benzene rings is 7. The summed E-state index contributed by atoms with van der Waals surface area (Å²) < 4.78 is 9.30. The van der Waals surface area contributed by atoms with Crippen molar-refractivity contribution in [3.63, 3.8) is 0 Å². The highest BCUT2D eigenvalue weighted by Crippen LogP contribution is 2.46. The third-order valence-corrected chi connectivity index (χ3v) is 8.78. The van der Waals surface area contributed by atoms with E-state index < -0.39 is 0 Å². The number of hydrogen-bond donors (Lipinski definition) is 0. The molecule has 0 N–H and O–H groups in total. The van der Waals surface area contributed by atoms with E-state index in [1.165, 1.54) is 21.9 Å². The van der Waals surface area contributed by atoms with Crippen molar-refractivity contribution in [2.75, 3.05) is 4.90 Å². The van der Waals surface area contributed by atoms with Crippen LogP contribution in [0, 0.1) is 0 Å². The molecule has 9 rings (SSSR count). The Bertz CT molecular complexity index is 2470. The zero-order valence-corrected chi connectivity index (χ0v) is 24.5. The summed E-state index contributed by atoms with van der Waals surface area (Å²) in [5.41, 5.74) is 10.6. The molecule has 0 aliphatic carbocycles. The Morgan fingerprint density at radius 2 is 1.02 bits per heavy atom. The van der Waals surface area contributed by atoms with E-state index in [2.05, 4.69) is 179 Å². The molecule has 0 saturated heterocycles. The van der Waals surface area contributed by atoms with Gasteiger partial charge in [-0.25, -0.2) is 0 Å². The highest BCUT2D eigenvalue weighted by Gasteiger charge is 2.24.